The van der Waals surface area contributed by atoms with E-state index in [2.05, 4.69) is 43.6 Å². The molecule has 0 heterocycles. The smallest absolute Gasteiger partial charge is 0.0575 e. The highest BCUT2D eigenvalue weighted by molar-refractivity contribution is 9.09. The van der Waals surface area contributed by atoms with Crippen LogP contribution in [0, 0.1) is 10.8 Å². The molecule has 0 spiro atoms. The Labute approximate surface area is 116 Å². The van der Waals surface area contributed by atoms with Gasteiger partial charge in [-0.1, -0.05) is 43.6 Å². The van der Waals surface area contributed by atoms with Gasteiger partial charge in [0.2, 0.25) is 0 Å². The van der Waals surface area contributed by atoms with Gasteiger partial charge < -0.3 is 4.74 Å². The van der Waals surface area contributed by atoms with E-state index in [1.807, 2.05) is 0 Å². The molecule has 1 aliphatic carbocycles. The lowest BCUT2D eigenvalue weighted by Gasteiger charge is -2.37. The van der Waals surface area contributed by atoms with Crippen molar-refractivity contribution < 1.29 is 4.74 Å². The molecule has 0 bridgehead atoms. The summed E-state index contributed by atoms with van der Waals surface area (Å²) in [6.07, 6.45) is 8.05. The Balaban J connectivity index is 2.36. The first kappa shape index (κ1) is 15.5. The lowest BCUT2D eigenvalue weighted by atomic mass is 9.76. The second-order valence-corrected chi connectivity index (χ2v) is 7.08. The van der Waals surface area contributed by atoms with Crippen molar-refractivity contribution in [3.05, 3.63) is 0 Å². The monoisotopic (exact) mass is 304 g/mol. The van der Waals surface area contributed by atoms with Gasteiger partial charge in [0, 0.05) is 10.7 Å². The second-order valence-electron chi connectivity index (χ2n) is 6.52. The number of ether oxygens (including phenoxy) is 1. The van der Waals surface area contributed by atoms with Crippen LogP contribution in [0.5, 0.6) is 0 Å². The predicted octanol–water partition coefficient (Wildman–Crippen LogP) is 5.17. The molecule has 0 radical (unpaired) electrons. The van der Waals surface area contributed by atoms with Gasteiger partial charge in [-0.25, -0.2) is 0 Å². The minimum Gasteiger partial charge on any atom is -0.378 e. The fourth-order valence-electron chi connectivity index (χ4n) is 2.52. The molecule has 0 N–H and O–H groups in total. The fourth-order valence-corrected chi connectivity index (χ4v) is 3.47. The number of hydrogen-bond acceptors (Lipinski definition) is 1. The first-order chi connectivity index (χ1) is 7.97. The van der Waals surface area contributed by atoms with Crippen LogP contribution in [0.3, 0.4) is 0 Å². The van der Waals surface area contributed by atoms with Gasteiger partial charge in [-0.05, 0) is 43.9 Å². The third-order valence-electron chi connectivity index (χ3n) is 4.69. The average molecular weight is 305 g/mol. The Morgan fingerprint density at radius 1 is 1.18 bits per heavy atom. The zero-order valence-electron chi connectivity index (χ0n) is 12.0. The lowest BCUT2D eigenvalue weighted by Crippen LogP contribution is -2.33. The van der Waals surface area contributed by atoms with E-state index in [0.717, 1.165) is 11.9 Å². The first-order valence-corrected chi connectivity index (χ1v) is 8.27. The highest BCUT2D eigenvalue weighted by Crippen LogP contribution is 2.37. The van der Waals surface area contributed by atoms with Crippen LogP contribution in [0.25, 0.3) is 0 Å². The van der Waals surface area contributed by atoms with Crippen molar-refractivity contribution in [2.45, 2.75) is 72.3 Å². The van der Waals surface area contributed by atoms with Crippen LogP contribution in [0.2, 0.25) is 0 Å². The van der Waals surface area contributed by atoms with E-state index in [1.54, 1.807) is 0 Å². The predicted molar refractivity (Wildman–Crippen MR) is 78.8 cm³/mol. The summed E-state index contributed by atoms with van der Waals surface area (Å²) < 4.78 is 6.18. The summed E-state index contributed by atoms with van der Waals surface area (Å²) in [5, 5.41) is 1.06. The van der Waals surface area contributed by atoms with Crippen molar-refractivity contribution in [1.82, 2.24) is 0 Å². The summed E-state index contributed by atoms with van der Waals surface area (Å²) in [6.45, 7) is 10.2. The fraction of sp³-hybridized carbons (Fsp3) is 1.00. The van der Waals surface area contributed by atoms with Gasteiger partial charge in [0.25, 0.3) is 0 Å². The van der Waals surface area contributed by atoms with E-state index in [9.17, 15) is 0 Å². The van der Waals surface area contributed by atoms with Gasteiger partial charge in [0.15, 0.2) is 0 Å². The van der Waals surface area contributed by atoms with E-state index >= 15 is 0 Å². The van der Waals surface area contributed by atoms with E-state index in [1.165, 1.54) is 38.5 Å². The molecule has 1 aliphatic rings. The van der Waals surface area contributed by atoms with Crippen molar-refractivity contribution in [3.8, 4) is 0 Å². The van der Waals surface area contributed by atoms with E-state index < -0.39 is 0 Å². The maximum absolute atomic E-state index is 6.18. The van der Waals surface area contributed by atoms with Crippen LogP contribution in [0.4, 0.5) is 0 Å². The van der Waals surface area contributed by atoms with Crippen molar-refractivity contribution in [2.24, 2.45) is 10.8 Å². The maximum Gasteiger partial charge on any atom is 0.0575 e. The number of alkyl halides is 1. The summed E-state index contributed by atoms with van der Waals surface area (Å²) in [5.41, 5.74) is 0.898. The quantitative estimate of drug-likeness (QED) is 0.615. The van der Waals surface area contributed by atoms with Crippen molar-refractivity contribution in [3.63, 3.8) is 0 Å². The van der Waals surface area contributed by atoms with Gasteiger partial charge in [0.1, 0.15) is 0 Å². The zero-order chi connectivity index (χ0) is 12.9. The molecular weight excluding hydrogens is 276 g/mol. The molecule has 1 saturated carbocycles. The van der Waals surface area contributed by atoms with Crippen LogP contribution in [-0.2, 0) is 4.74 Å². The van der Waals surface area contributed by atoms with Crippen LogP contribution in [0.15, 0.2) is 0 Å². The normalized spacial score (nSPS) is 21.7. The molecule has 1 nitrogen and oxygen atoms in total. The summed E-state index contributed by atoms with van der Waals surface area (Å²) in [6, 6.07) is 0. The SMILES string of the molecule is CCC(CC)(CBr)COC1CCC(C)(C)CC1. The van der Waals surface area contributed by atoms with Gasteiger partial charge in [-0.15, -0.1) is 0 Å². The van der Waals surface area contributed by atoms with Gasteiger partial charge in [0.05, 0.1) is 12.7 Å². The highest BCUT2D eigenvalue weighted by atomic mass is 79.9. The Hall–Kier alpha value is 0.440. The minimum absolute atomic E-state index is 0.354. The van der Waals surface area contributed by atoms with Crippen molar-refractivity contribution in [2.75, 3.05) is 11.9 Å². The molecule has 102 valence electrons. The topological polar surface area (TPSA) is 9.23 Å². The molecule has 0 aromatic rings. The summed E-state index contributed by atoms with van der Waals surface area (Å²) in [5.74, 6) is 0. The average Bonchev–Trinajstić information content (AvgIpc) is 2.33. The van der Waals surface area contributed by atoms with E-state index in [4.69, 9.17) is 4.74 Å². The molecular formula is C15H29BrO. The molecule has 17 heavy (non-hydrogen) atoms. The molecule has 0 saturated heterocycles. The van der Waals surface area contributed by atoms with Gasteiger partial charge in [-0.2, -0.15) is 0 Å². The largest absolute Gasteiger partial charge is 0.378 e. The van der Waals surface area contributed by atoms with E-state index in [-0.39, 0.29) is 0 Å². The lowest BCUT2D eigenvalue weighted by molar-refractivity contribution is -0.0357. The number of halogens is 1. The maximum atomic E-state index is 6.18. The van der Waals surface area contributed by atoms with Crippen LogP contribution in [-0.4, -0.2) is 18.0 Å². The van der Waals surface area contributed by atoms with Crippen LogP contribution < -0.4 is 0 Å². The van der Waals surface area contributed by atoms with Crippen molar-refractivity contribution >= 4 is 15.9 Å². The minimum atomic E-state index is 0.354. The van der Waals surface area contributed by atoms with Crippen LogP contribution >= 0.6 is 15.9 Å². The van der Waals surface area contributed by atoms with Crippen LogP contribution in [0.1, 0.15) is 66.2 Å². The molecule has 1 rings (SSSR count). The molecule has 0 amide bonds. The molecule has 0 aromatic heterocycles. The van der Waals surface area contributed by atoms with Gasteiger partial charge in [-0.3, -0.25) is 0 Å². The third kappa shape index (κ3) is 4.55. The Morgan fingerprint density at radius 2 is 1.71 bits per heavy atom. The Morgan fingerprint density at radius 3 is 2.12 bits per heavy atom. The Bertz CT molecular complexity index is 203. The second kappa shape index (κ2) is 6.56. The number of hydrogen-bond donors (Lipinski definition) is 0. The van der Waals surface area contributed by atoms with Gasteiger partial charge >= 0.3 is 0 Å². The molecule has 0 atom stereocenters. The molecule has 2 heteroatoms. The summed E-state index contributed by atoms with van der Waals surface area (Å²) in [4.78, 5) is 0. The molecule has 0 aliphatic heterocycles. The van der Waals surface area contributed by atoms with E-state index in [0.29, 0.717) is 16.9 Å². The van der Waals surface area contributed by atoms with Crippen molar-refractivity contribution in [1.29, 1.82) is 0 Å². The number of rotatable bonds is 6. The standard InChI is InChI=1S/C15H29BrO/c1-5-15(6-2,11-16)12-17-13-7-9-14(3,4)10-8-13/h13H,5-12H2,1-4H3. The first-order valence-electron chi connectivity index (χ1n) is 7.14. The highest BCUT2D eigenvalue weighted by Gasteiger charge is 2.30. The Kier molecular flexibility index (Phi) is 5.98. The molecule has 0 aromatic carbocycles. The summed E-state index contributed by atoms with van der Waals surface area (Å²) in [7, 11) is 0. The zero-order valence-corrected chi connectivity index (χ0v) is 13.6. The summed E-state index contributed by atoms with van der Waals surface area (Å²) >= 11 is 3.66. The molecule has 0 unspecified atom stereocenters. The third-order valence-corrected chi connectivity index (χ3v) is 5.88. The molecule has 1 fully saturated rings.